The number of aliphatic hydroxyl groups is 4. The van der Waals surface area contributed by atoms with Gasteiger partial charge in [-0.2, -0.15) is 0 Å². The smallest absolute Gasteiger partial charge is 0.255 e. The first-order chi connectivity index (χ1) is 18.3. The minimum absolute atomic E-state index is 0.00695. The first-order valence-electron chi connectivity index (χ1n) is 12.9. The zero-order chi connectivity index (χ0) is 28.5. The van der Waals surface area contributed by atoms with Gasteiger partial charge in [-0.25, -0.2) is 0 Å². The van der Waals surface area contributed by atoms with E-state index in [9.17, 15) is 44.1 Å². The highest BCUT2D eigenvalue weighted by molar-refractivity contribution is 7.85. The third-order valence-corrected chi connectivity index (χ3v) is 10.7. The summed E-state index contributed by atoms with van der Waals surface area (Å²) in [6.45, 7) is 0. The van der Waals surface area contributed by atoms with E-state index in [0.29, 0.717) is 5.56 Å². The average molecular weight is 561 g/mol. The van der Waals surface area contributed by atoms with Crippen LogP contribution < -0.4 is 5.73 Å². The zero-order valence-electron chi connectivity index (χ0n) is 21.5. The number of nitrogens with two attached hydrogens (primary N) is 1. The summed E-state index contributed by atoms with van der Waals surface area (Å²) in [5.41, 5.74) is 1.17. The topological polar surface area (TPSA) is 199 Å². The van der Waals surface area contributed by atoms with Gasteiger partial charge in [-0.15, -0.1) is 0 Å². The molecule has 2 fully saturated rings. The molecule has 210 valence electrons. The number of aromatic hydroxyl groups is 1. The Balaban J connectivity index is 1.75. The molecule has 4 aliphatic rings. The van der Waals surface area contributed by atoms with Crippen LogP contribution in [0.2, 0.25) is 0 Å². The van der Waals surface area contributed by atoms with Gasteiger partial charge in [-0.3, -0.25) is 23.5 Å². The molecule has 1 aromatic carbocycles. The molecule has 0 radical (unpaired) electrons. The molecule has 0 saturated heterocycles. The number of phenolic OH excluding ortho intramolecular Hbond substituents is 1. The lowest BCUT2D eigenvalue weighted by Gasteiger charge is -2.54. The van der Waals surface area contributed by atoms with Crippen LogP contribution in [0.4, 0.5) is 0 Å². The third-order valence-electron chi connectivity index (χ3n) is 8.82. The number of benzene rings is 1. The molecule has 0 spiro atoms. The summed E-state index contributed by atoms with van der Waals surface area (Å²) in [4.78, 5) is 40.9. The number of aliphatic hydroxyl groups excluding tert-OH is 3. The Morgan fingerprint density at radius 2 is 1.79 bits per heavy atom. The van der Waals surface area contributed by atoms with E-state index in [4.69, 9.17) is 5.73 Å². The van der Waals surface area contributed by atoms with E-state index in [2.05, 4.69) is 0 Å². The zero-order valence-corrected chi connectivity index (χ0v) is 22.4. The minimum Gasteiger partial charge on any atom is -0.508 e. The van der Waals surface area contributed by atoms with E-state index < -0.39 is 86.4 Å². The molecule has 0 aromatic heterocycles. The van der Waals surface area contributed by atoms with E-state index in [1.54, 1.807) is 6.07 Å². The van der Waals surface area contributed by atoms with E-state index in [-0.39, 0.29) is 22.3 Å². The van der Waals surface area contributed by atoms with Crippen molar-refractivity contribution in [3.63, 3.8) is 0 Å². The fourth-order valence-electron chi connectivity index (χ4n) is 7.06. The lowest BCUT2D eigenvalue weighted by atomic mass is 9.54. The first kappa shape index (κ1) is 27.5. The van der Waals surface area contributed by atoms with Crippen LogP contribution in [0.5, 0.6) is 5.75 Å². The Bertz CT molecular complexity index is 1360. The standard InChI is InChI=1S/C27H32N2O9S/c1-29(2)20-19-22(32)16-13(10-39(38)11-6-3-4-7-11)12-8-5-9-14(30)15(12)21(31)17(16)24(34)27(19,37)25(35)18(23(20)33)26(28)36/h5,8-9,11,13,16,19-20,22,30-32,35,37H,3-4,6-7,10H2,1-2H3,(H2,28,36)/t13-,16+,19+,20-,22-,27-,39?/m0/s1. The lowest BCUT2D eigenvalue weighted by molar-refractivity contribution is -0.169. The summed E-state index contributed by atoms with van der Waals surface area (Å²) in [5.74, 6) is -9.68. The molecule has 5 rings (SSSR count). The molecule has 1 unspecified atom stereocenters. The van der Waals surface area contributed by atoms with E-state index in [1.165, 1.54) is 31.1 Å². The van der Waals surface area contributed by atoms with Crippen LogP contribution in [-0.4, -0.2) is 95.0 Å². The van der Waals surface area contributed by atoms with Crippen molar-refractivity contribution < 1.29 is 44.1 Å². The molecule has 11 nitrogen and oxygen atoms in total. The molecule has 7 N–H and O–H groups in total. The number of ketones is 2. The summed E-state index contributed by atoms with van der Waals surface area (Å²) < 4.78 is 13.5. The molecule has 0 heterocycles. The third kappa shape index (κ3) is 3.80. The van der Waals surface area contributed by atoms with Crippen molar-refractivity contribution in [2.24, 2.45) is 17.6 Å². The Morgan fingerprint density at radius 1 is 1.15 bits per heavy atom. The second kappa shape index (κ2) is 9.54. The van der Waals surface area contributed by atoms with E-state index >= 15 is 0 Å². The maximum absolute atomic E-state index is 14.1. The highest BCUT2D eigenvalue weighted by atomic mass is 32.2. The van der Waals surface area contributed by atoms with Crippen molar-refractivity contribution in [3.8, 4) is 5.75 Å². The van der Waals surface area contributed by atoms with Crippen molar-refractivity contribution in [2.45, 2.75) is 54.6 Å². The number of hydrogen-bond donors (Lipinski definition) is 6. The monoisotopic (exact) mass is 560 g/mol. The number of nitrogens with zero attached hydrogens (tertiary/aromatic N) is 1. The first-order valence-corrected chi connectivity index (χ1v) is 14.2. The molecule has 39 heavy (non-hydrogen) atoms. The van der Waals surface area contributed by atoms with Crippen molar-refractivity contribution in [1.82, 2.24) is 4.90 Å². The SMILES string of the molecule is CN(C)[C@@H]1C(=O)C(C(N)=O)=C(O)[C@@]2(O)C(=O)C3=C(O)c4c(O)cccc4[C@H](CS(=O)C4CCCC4)[C@H]3[C@H](O)[C@@H]12. The van der Waals surface area contributed by atoms with Crippen LogP contribution in [0, 0.1) is 11.8 Å². The molecule has 2 saturated carbocycles. The van der Waals surface area contributed by atoms with Crippen LogP contribution in [0.25, 0.3) is 5.76 Å². The average Bonchev–Trinajstić information content (AvgIpc) is 3.40. The largest absolute Gasteiger partial charge is 0.508 e. The predicted molar refractivity (Wildman–Crippen MR) is 140 cm³/mol. The molecule has 7 atom stereocenters. The second-order valence-electron chi connectivity index (χ2n) is 11.1. The fraction of sp³-hybridized carbons (Fsp3) is 0.519. The Morgan fingerprint density at radius 3 is 2.38 bits per heavy atom. The number of carbonyl (C=O) groups is 3. The predicted octanol–water partition coefficient (Wildman–Crippen LogP) is 0.167. The molecule has 1 amide bonds. The van der Waals surface area contributed by atoms with Gasteiger partial charge in [-0.1, -0.05) is 25.0 Å². The van der Waals surface area contributed by atoms with Crippen LogP contribution in [0.3, 0.4) is 0 Å². The summed E-state index contributed by atoms with van der Waals surface area (Å²) in [7, 11) is 1.51. The number of hydrogen-bond acceptors (Lipinski definition) is 10. The van der Waals surface area contributed by atoms with Crippen LogP contribution >= 0.6 is 0 Å². The summed E-state index contributed by atoms with van der Waals surface area (Å²) in [5, 5.41) is 56.6. The second-order valence-corrected chi connectivity index (χ2v) is 12.8. The molecule has 0 aliphatic heterocycles. The van der Waals surface area contributed by atoms with E-state index in [0.717, 1.165) is 25.7 Å². The highest BCUT2D eigenvalue weighted by Gasteiger charge is 2.68. The molecular formula is C27H32N2O9S. The quantitative estimate of drug-likeness (QED) is 0.270. The lowest BCUT2D eigenvalue weighted by Crippen LogP contribution is -2.70. The Labute approximate surface area is 227 Å². The molecule has 12 heteroatoms. The summed E-state index contributed by atoms with van der Waals surface area (Å²) in [6, 6.07) is 2.99. The summed E-state index contributed by atoms with van der Waals surface area (Å²) >= 11 is 0. The molecular weight excluding hydrogens is 528 g/mol. The Kier molecular flexibility index (Phi) is 6.73. The maximum atomic E-state index is 14.1. The Hall–Kier alpha value is -3.06. The van der Waals surface area contributed by atoms with Crippen molar-refractivity contribution in [3.05, 3.63) is 46.2 Å². The highest BCUT2D eigenvalue weighted by Crippen LogP contribution is 2.56. The minimum atomic E-state index is -2.98. The fourth-order valence-corrected chi connectivity index (χ4v) is 8.93. The number of likely N-dealkylation sites (N-methyl/N-ethyl adjacent to an activating group) is 1. The van der Waals surface area contributed by atoms with Gasteiger partial charge in [0.25, 0.3) is 5.91 Å². The van der Waals surface area contributed by atoms with Gasteiger partial charge in [0.2, 0.25) is 5.78 Å². The van der Waals surface area contributed by atoms with Crippen LogP contribution in [-0.2, 0) is 25.2 Å². The van der Waals surface area contributed by atoms with Gasteiger partial charge < -0.3 is 31.3 Å². The van der Waals surface area contributed by atoms with Crippen LogP contribution in [0.1, 0.15) is 42.7 Å². The normalized spacial score (nSPS) is 33.7. The number of fused-ring (bicyclic) bond motifs is 3. The van der Waals surface area contributed by atoms with Gasteiger partial charge in [0.15, 0.2) is 11.4 Å². The number of phenols is 1. The molecule has 1 aromatic rings. The van der Waals surface area contributed by atoms with Crippen LogP contribution in [0.15, 0.2) is 35.1 Å². The number of amides is 1. The van der Waals surface area contributed by atoms with Crippen molar-refractivity contribution in [2.75, 3.05) is 19.8 Å². The number of primary amides is 1. The van der Waals surface area contributed by atoms with Crippen molar-refractivity contribution in [1.29, 1.82) is 0 Å². The van der Waals surface area contributed by atoms with Gasteiger partial charge >= 0.3 is 0 Å². The van der Waals surface area contributed by atoms with Crippen molar-refractivity contribution >= 4 is 34.0 Å². The molecule has 0 bridgehead atoms. The number of carbonyl (C=O) groups excluding carboxylic acids is 3. The van der Waals surface area contributed by atoms with Gasteiger partial charge in [0.05, 0.1) is 23.6 Å². The number of Topliss-reactive ketones (excluding diaryl/α,β-unsaturated/α-hetero) is 2. The van der Waals surface area contributed by atoms with Gasteiger partial charge in [0, 0.05) is 39.2 Å². The number of rotatable bonds is 5. The summed E-state index contributed by atoms with van der Waals surface area (Å²) in [6.07, 6.45) is 1.68. The van der Waals surface area contributed by atoms with E-state index in [1.807, 2.05) is 0 Å². The maximum Gasteiger partial charge on any atom is 0.255 e. The van der Waals surface area contributed by atoms with Gasteiger partial charge in [0.1, 0.15) is 22.8 Å². The molecule has 4 aliphatic carbocycles. The van der Waals surface area contributed by atoms with Gasteiger partial charge in [-0.05, 0) is 38.6 Å².